The molecular formula is C17H15F5N4O2S. The number of benzene rings is 1. The highest BCUT2D eigenvalue weighted by molar-refractivity contribution is 8.07. The van der Waals surface area contributed by atoms with Crippen LogP contribution >= 0.6 is 0 Å². The first kappa shape index (κ1) is 21.1. The Morgan fingerprint density at radius 2 is 1.86 bits per heavy atom. The van der Waals surface area contributed by atoms with Crippen LogP contribution in [0.4, 0.5) is 27.9 Å². The minimum absolute atomic E-state index is 0.00956. The number of nitrogens with zero attached hydrogens (tertiary/aromatic N) is 4. The molecule has 1 atom stereocenters. The molecule has 0 spiro atoms. The summed E-state index contributed by atoms with van der Waals surface area (Å²) in [6.45, 7) is 3.27. The molecule has 1 aliphatic heterocycles. The number of rotatable bonds is 3. The molecule has 0 aliphatic carbocycles. The SMILES string of the molecule is CC1(C)CC(S(=O)(Cc2c(F)cccc2F)=Nc2nccc(C(F)(F)F)n2)=NO1. The Kier molecular flexibility index (Phi) is 5.32. The van der Waals surface area contributed by atoms with Crippen LogP contribution in [0.2, 0.25) is 0 Å². The van der Waals surface area contributed by atoms with Crippen LogP contribution in [0, 0.1) is 11.6 Å². The maximum Gasteiger partial charge on any atom is 0.433 e. The number of aromatic nitrogens is 2. The summed E-state index contributed by atoms with van der Waals surface area (Å²) >= 11 is 0. The summed E-state index contributed by atoms with van der Waals surface area (Å²) in [6, 6.07) is 3.69. The molecule has 3 rings (SSSR count). The van der Waals surface area contributed by atoms with Crippen molar-refractivity contribution in [2.24, 2.45) is 9.52 Å². The lowest BCUT2D eigenvalue weighted by molar-refractivity contribution is -0.141. The first-order valence-corrected chi connectivity index (χ1v) is 9.91. The maximum absolute atomic E-state index is 14.1. The lowest BCUT2D eigenvalue weighted by Gasteiger charge is -2.15. The van der Waals surface area contributed by atoms with Crippen molar-refractivity contribution in [3.63, 3.8) is 0 Å². The predicted molar refractivity (Wildman–Crippen MR) is 94.5 cm³/mol. The van der Waals surface area contributed by atoms with Gasteiger partial charge >= 0.3 is 6.18 Å². The van der Waals surface area contributed by atoms with Gasteiger partial charge < -0.3 is 4.84 Å². The highest BCUT2D eigenvalue weighted by Crippen LogP contribution is 2.31. The zero-order valence-corrected chi connectivity index (χ0v) is 16.0. The van der Waals surface area contributed by atoms with E-state index in [0.29, 0.717) is 6.07 Å². The van der Waals surface area contributed by atoms with Gasteiger partial charge in [0.1, 0.15) is 32.7 Å². The van der Waals surface area contributed by atoms with Crippen LogP contribution in [-0.2, 0) is 26.5 Å². The molecule has 0 N–H and O–H groups in total. The van der Waals surface area contributed by atoms with E-state index >= 15 is 0 Å². The fourth-order valence-corrected chi connectivity index (χ4v) is 4.57. The van der Waals surface area contributed by atoms with Crippen LogP contribution in [0.25, 0.3) is 0 Å². The Labute approximate surface area is 163 Å². The molecule has 29 heavy (non-hydrogen) atoms. The molecule has 1 unspecified atom stereocenters. The summed E-state index contributed by atoms with van der Waals surface area (Å²) in [4.78, 5) is 12.0. The fraction of sp³-hybridized carbons (Fsp3) is 0.353. The Hall–Kier alpha value is -2.63. The Morgan fingerprint density at radius 3 is 2.41 bits per heavy atom. The average molecular weight is 434 g/mol. The smallest absolute Gasteiger partial charge is 0.389 e. The van der Waals surface area contributed by atoms with E-state index in [4.69, 9.17) is 4.84 Å². The summed E-state index contributed by atoms with van der Waals surface area (Å²) in [6.07, 6.45) is -3.98. The second-order valence-corrected chi connectivity index (χ2v) is 9.05. The topological polar surface area (TPSA) is 76.8 Å². The minimum atomic E-state index is -4.78. The third-order valence-electron chi connectivity index (χ3n) is 3.90. The lowest BCUT2D eigenvalue weighted by atomic mass is 10.1. The minimum Gasteiger partial charge on any atom is -0.389 e. The molecule has 0 fully saturated rings. The number of alkyl halides is 3. The average Bonchev–Trinajstić information content (AvgIpc) is 2.99. The first-order chi connectivity index (χ1) is 13.4. The standard InChI is InChI=1S/C17H15F5N4O2S/c1-16(2)8-14(25-28-16)29(27,9-10-11(18)4-3-5-12(10)19)26-15-23-7-6-13(24-15)17(20,21)22/h3-7H,8-9H2,1-2H3. The highest BCUT2D eigenvalue weighted by atomic mass is 32.2. The molecule has 0 saturated carbocycles. The second-order valence-electron chi connectivity index (χ2n) is 6.83. The molecule has 1 aliphatic rings. The molecule has 0 amide bonds. The second kappa shape index (κ2) is 7.32. The van der Waals surface area contributed by atoms with E-state index in [0.717, 1.165) is 24.4 Å². The summed E-state index contributed by atoms with van der Waals surface area (Å²) in [5.41, 5.74) is -2.70. The summed E-state index contributed by atoms with van der Waals surface area (Å²) in [5, 5.41) is 3.56. The van der Waals surface area contributed by atoms with Crippen molar-refractivity contribution in [1.29, 1.82) is 0 Å². The molecule has 6 nitrogen and oxygen atoms in total. The van der Waals surface area contributed by atoms with Gasteiger partial charge in [0.15, 0.2) is 5.04 Å². The van der Waals surface area contributed by atoms with E-state index in [9.17, 15) is 26.2 Å². The maximum atomic E-state index is 14.1. The Bertz CT molecular complexity index is 1070. The molecular weight excluding hydrogens is 419 g/mol. The van der Waals surface area contributed by atoms with Crippen LogP contribution in [0.15, 0.2) is 40.0 Å². The zero-order chi connectivity index (χ0) is 21.4. The fourth-order valence-electron chi connectivity index (χ4n) is 2.49. The first-order valence-electron chi connectivity index (χ1n) is 8.23. The van der Waals surface area contributed by atoms with Crippen molar-refractivity contribution in [2.75, 3.05) is 0 Å². The number of hydrogen-bond donors (Lipinski definition) is 0. The monoisotopic (exact) mass is 434 g/mol. The van der Waals surface area contributed by atoms with Gasteiger partial charge in [0.25, 0.3) is 5.95 Å². The molecule has 1 aromatic heterocycles. The van der Waals surface area contributed by atoms with Crippen molar-refractivity contribution in [3.05, 3.63) is 53.4 Å². The quantitative estimate of drug-likeness (QED) is 0.663. The van der Waals surface area contributed by atoms with E-state index in [1.54, 1.807) is 13.8 Å². The van der Waals surface area contributed by atoms with Crippen molar-refractivity contribution >= 4 is 20.7 Å². The normalized spacial score (nSPS) is 18.0. The number of hydrogen-bond acceptors (Lipinski definition) is 6. The number of oxime groups is 1. The van der Waals surface area contributed by atoms with E-state index in [-0.39, 0.29) is 11.5 Å². The van der Waals surface area contributed by atoms with Crippen molar-refractivity contribution < 1.29 is 31.0 Å². The summed E-state index contributed by atoms with van der Waals surface area (Å²) < 4.78 is 84.3. The zero-order valence-electron chi connectivity index (χ0n) is 15.2. The third kappa shape index (κ3) is 4.69. The predicted octanol–water partition coefficient (Wildman–Crippen LogP) is 4.59. The number of halogens is 5. The Morgan fingerprint density at radius 1 is 1.21 bits per heavy atom. The van der Waals surface area contributed by atoms with Gasteiger partial charge in [0.05, 0.1) is 5.75 Å². The van der Waals surface area contributed by atoms with E-state index in [1.807, 2.05) is 0 Å². The highest BCUT2D eigenvalue weighted by Gasteiger charge is 2.37. The summed E-state index contributed by atoms with van der Waals surface area (Å²) in [5.74, 6) is -3.47. The molecule has 0 bridgehead atoms. The molecule has 0 saturated heterocycles. The van der Waals surface area contributed by atoms with Gasteiger partial charge in [0.2, 0.25) is 0 Å². The van der Waals surface area contributed by atoms with Crippen LogP contribution < -0.4 is 0 Å². The van der Waals surface area contributed by atoms with Crippen LogP contribution in [0.3, 0.4) is 0 Å². The van der Waals surface area contributed by atoms with Gasteiger partial charge in [-0.3, -0.25) is 0 Å². The molecule has 2 heterocycles. The summed E-state index contributed by atoms with van der Waals surface area (Å²) in [7, 11) is -3.77. The van der Waals surface area contributed by atoms with Gasteiger partial charge in [-0.1, -0.05) is 11.2 Å². The van der Waals surface area contributed by atoms with Crippen LogP contribution in [0.1, 0.15) is 31.5 Å². The van der Waals surface area contributed by atoms with Gasteiger partial charge in [-0.2, -0.15) is 17.5 Å². The van der Waals surface area contributed by atoms with Crippen molar-refractivity contribution in [2.45, 2.75) is 37.8 Å². The lowest BCUT2D eigenvalue weighted by Crippen LogP contribution is -2.24. The molecule has 12 heteroatoms. The van der Waals surface area contributed by atoms with E-state index in [2.05, 4.69) is 19.5 Å². The molecule has 156 valence electrons. The Balaban J connectivity index is 2.14. The third-order valence-corrected chi connectivity index (χ3v) is 6.00. The van der Waals surface area contributed by atoms with Crippen molar-refractivity contribution in [3.8, 4) is 0 Å². The van der Waals surface area contributed by atoms with Gasteiger partial charge in [-0.15, -0.1) is 0 Å². The van der Waals surface area contributed by atoms with Gasteiger partial charge in [0, 0.05) is 18.2 Å². The van der Waals surface area contributed by atoms with Crippen LogP contribution in [0.5, 0.6) is 0 Å². The molecule has 1 aromatic carbocycles. The van der Waals surface area contributed by atoms with Crippen molar-refractivity contribution in [1.82, 2.24) is 9.97 Å². The van der Waals surface area contributed by atoms with Crippen LogP contribution in [-0.4, -0.2) is 24.8 Å². The van der Waals surface area contributed by atoms with E-state index in [1.165, 1.54) is 0 Å². The van der Waals surface area contributed by atoms with Gasteiger partial charge in [-0.25, -0.2) is 23.0 Å². The molecule has 2 aromatic rings. The van der Waals surface area contributed by atoms with E-state index < -0.39 is 56.1 Å². The molecule has 0 radical (unpaired) electrons. The van der Waals surface area contributed by atoms with Gasteiger partial charge in [-0.05, 0) is 32.0 Å². The largest absolute Gasteiger partial charge is 0.433 e.